The average Bonchev–Trinajstić information content (AvgIpc) is 3.08. The Hall–Kier alpha value is -2.12. The van der Waals surface area contributed by atoms with Crippen molar-refractivity contribution < 1.29 is 19.1 Å². The molecule has 2 atom stereocenters. The van der Waals surface area contributed by atoms with Gasteiger partial charge in [0.25, 0.3) is 0 Å². The van der Waals surface area contributed by atoms with Crippen molar-refractivity contribution in [2.45, 2.75) is 33.3 Å². The standard InChI is InChI=1S/C22H33N3O4/c1-4-28-19-7-5-18(6-8-19)25-14-17(11-21(25)26)22(27)23-12-20-15-24(9-10-29-20)13-16(2)3/h5-8,16-17,20H,4,9-15H2,1-3H3,(H,23,27). The zero-order chi connectivity index (χ0) is 20.8. The second-order valence-electron chi connectivity index (χ2n) is 8.22. The second kappa shape index (κ2) is 10.1. The summed E-state index contributed by atoms with van der Waals surface area (Å²) in [4.78, 5) is 29.1. The molecular weight excluding hydrogens is 370 g/mol. The van der Waals surface area contributed by atoms with E-state index in [9.17, 15) is 9.59 Å². The molecule has 0 aliphatic carbocycles. The van der Waals surface area contributed by atoms with E-state index < -0.39 is 0 Å². The third-order valence-corrected chi connectivity index (χ3v) is 5.31. The summed E-state index contributed by atoms with van der Waals surface area (Å²) < 4.78 is 11.2. The summed E-state index contributed by atoms with van der Waals surface area (Å²) in [5.41, 5.74) is 0.800. The fourth-order valence-electron chi connectivity index (χ4n) is 3.97. The van der Waals surface area contributed by atoms with Crippen molar-refractivity contribution >= 4 is 17.5 Å². The third kappa shape index (κ3) is 5.93. The number of carbonyl (C=O) groups is 2. The summed E-state index contributed by atoms with van der Waals surface area (Å²) in [6, 6.07) is 7.43. The molecule has 2 amide bonds. The van der Waals surface area contributed by atoms with Gasteiger partial charge in [0.2, 0.25) is 11.8 Å². The van der Waals surface area contributed by atoms with Crippen LogP contribution in [0.3, 0.4) is 0 Å². The summed E-state index contributed by atoms with van der Waals surface area (Å²) >= 11 is 0. The van der Waals surface area contributed by atoms with E-state index in [1.54, 1.807) is 4.90 Å². The van der Waals surface area contributed by atoms with Crippen molar-refractivity contribution in [2.24, 2.45) is 11.8 Å². The van der Waals surface area contributed by atoms with E-state index >= 15 is 0 Å². The fraction of sp³-hybridized carbons (Fsp3) is 0.636. The average molecular weight is 404 g/mol. The first kappa shape index (κ1) is 21.6. The van der Waals surface area contributed by atoms with Crippen molar-refractivity contribution in [3.05, 3.63) is 24.3 Å². The first-order valence-corrected chi connectivity index (χ1v) is 10.6. The molecular formula is C22H33N3O4. The lowest BCUT2D eigenvalue weighted by Crippen LogP contribution is -2.49. The highest BCUT2D eigenvalue weighted by Crippen LogP contribution is 2.27. The largest absolute Gasteiger partial charge is 0.494 e. The smallest absolute Gasteiger partial charge is 0.227 e. The molecule has 2 aliphatic heterocycles. The van der Waals surface area contributed by atoms with Gasteiger partial charge in [-0.1, -0.05) is 13.8 Å². The number of hydrogen-bond acceptors (Lipinski definition) is 5. The predicted molar refractivity (Wildman–Crippen MR) is 112 cm³/mol. The number of morpholine rings is 1. The van der Waals surface area contributed by atoms with Crippen LogP contribution < -0.4 is 15.0 Å². The minimum absolute atomic E-state index is 0.00534. The molecule has 7 nitrogen and oxygen atoms in total. The van der Waals surface area contributed by atoms with Crippen LogP contribution in [0, 0.1) is 11.8 Å². The van der Waals surface area contributed by atoms with Gasteiger partial charge in [0.15, 0.2) is 0 Å². The monoisotopic (exact) mass is 403 g/mol. The molecule has 2 heterocycles. The van der Waals surface area contributed by atoms with Crippen molar-refractivity contribution in [3.8, 4) is 5.75 Å². The number of hydrogen-bond donors (Lipinski definition) is 1. The van der Waals surface area contributed by atoms with Gasteiger partial charge < -0.3 is 19.7 Å². The first-order chi connectivity index (χ1) is 14.0. The maximum absolute atomic E-state index is 12.6. The number of nitrogens with zero attached hydrogens (tertiary/aromatic N) is 2. The van der Waals surface area contributed by atoms with Crippen LogP contribution in [0.2, 0.25) is 0 Å². The molecule has 160 valence electrons. The first-order valence-electron chi connectivity index (χ1n) is 10.6. The minimum Gasteiger partial charge on any atom is -0.494 e. The highest BCUT2D eigenvalue weighted by molar-refractivity contribution is 6.00. The molecule has 1 aromatic rings. The highest BCUT2D eigenvalue weighted by Gasteiger charge is 2.35. The Morgan fingerprint density at radius 3 is 2.72 bits per heavy atom. The van der Waals surface area contributed by atoms with Crippen LogP contribution in [-0.4, -0.2) is 68.8 Å². The van der Waals surface area contributed by atoms with E-state index in [1.807, 2.05) is 31.2 Å². The molecule has 0 aromatic heterocycles. The van der Waals surface area contributed by atoms with Gasteiger partial charge in [0, 0.05) is 44.8 Å². The minimum atomic E-state index is -0.329. The summed E-state index contributed by atoms with van der Waals surface area (Å²) in [6.45, 7) is 11.4. The van der Waals surface area contributed by atoms with E-state index in [0.717, 1.165) is 31.1 Å². The molecule has 0 radical (unpaired) electrons. The van der Waals surface area contributed by atoms with Crippen molar-refractivity contribution in [1.29, 1.82) is 0 Å². The number of ether oxygens (including phenoxy) is 2. The van der Waals surface area contributed by atoms with Gasteiger partial charge in [-0.25, -0.2) is 0 Å². The molecule has 2 fully saturated rings. The molecule has 0 saturated carbocycles. The summed E-state index contributed by atoms with van der Waals surface area (Å²) in [6.07, 6.45) is 0.245. The Morgan fingerprint density at radius 2 is 2.03 bits per heavy atom. The molecule has 2 aliphatic rings. The summed E-state index contributed by atoms with van der Waals surface area (Å²) in [5.74, 6) is 0.963. The van der Waals surface area contributed by atoms with Crippen LogP contribution in [0.1, 0.15) is 27.2 Å². The molecule has 1 N–H and O–H groups in total. The van der Waals surface area contributed by atoms with Crippen molar-refractivity contribution in [3.63, 3.8) is 0 Å². The topological polar surface area (TPSA) is 71.1 Å². The number of rotatable bonds is 8. The zero-order valence-electron chi connectivity index (χ0n) is 17.7. The molecule has 29 heavy (non-hydrogen) atoms. The number of anilines is 1. The normalized spacial score (nSPS) is 22.9. The Morgan fingerprint density at radius 1 is 1.28 bits per heavy atom. The van der Waals surface area contributed by atoms with Crippen LogP contribution in [0.5, 0.6) is 5.75 Å². The van der Waals surface area contributed by atoms with Crippen LogP contribution in [0.15, 0.2) is 24.3 Å². The second-order valence-corrected chi connectivity index (χ2v) is 8.22. The lowest BCUT2D eigenvalue weighted by molar-refractivity contribution is -0.127. The van der Waals surface area contributed by atoms with Gasteiger partial charge in [0.05, 0.1) is 25.2 Å². The fourth-order valence-corrected chi connectivity index (χ4v) is 3.97. The third-order valence-electron chi connectivity index (χ3n) is 5.31. The summed E-state index contributed by atoms with van der Waals surface area (Å²) in [7, 11) is 0. The van der Waals surface area contributed by atoms with Gasteiger partial charge in [-0.15, -0.1) is 0 Å². The number of nitrogens with one attached hydrogen (secondary N) is 1. The van der Waals surface area contributed by atoms with Gasteiger partial charge in [-0.3, -0.25) is 14.5 Å². The summed E-state index contributed by atoms with van der Waals surface area (Å²) in [5, 5.41) is 3.00. The van der Waals surface area contributed by atoms with E-state index in [4.69, 9.17) is 9.47 Å². The lowest BCUT2D eigenvalue weighted by atomic mass is 10.1. The zero-order valence-corrected chi connectivity index (χ0v) is 17.7. The quantitative estimate of drug-likeness (QED) is 0.718. The van der Waals surface area contributed by atoms with E-state index in [2.05, 4.69) is 24.1 Å². The Kier molecular flexibility index (Phi) is 7.50. The van der Waals surface area contributed by atoms with Gasteiger partial charge in [-0.2, -0.15) is 0 Å². The molecule has 3 rings (SSSR count). The molecule has 2 unspecified atom stereocenters. The van der Waals surface area contributed by atoms with Gasteiger partial charge in [0.1, 0.15) is 5.75 Å². The van der Waals surface area contributed by atoms with Crippen molar-refractivity contribution in [2.75, 3.05) is 50.8 Å². The van der Waals surface area contributed by atoms with E-state index in [0.29, 0.717) is 32.2 Å². The molecule has 0 bridgehead atoms. The van der Waals surface area contributed by atoms with Crippen LogP contribution in [0.25, 0.3) is 0 Å². The predicted octanol–water partition coefficient (Wildman–Crippen LogP) is 1.91. The van der Waals surface area contributed by atoms with E-state index in [-0.39, 0.29) is 30.3 Å². The molecule has 2 saturated heterocycles. The Balaban J connectivity index is 1.48. The molecule has 7 heteroatoms. The van der Waals surface area contributed by atoms with Crippen molar-refractivity contribution in [1.82, 2.24) is 10.2 Å². The maximum Gasteiger partial charge on any atom is 0.227 e. The maximum atomic E-state index is 12.6. The molecule has 1 aromatic carbocycles. The van der Waals surface area contributed by atoms with Gasteiger partial charge >= 0.3 is 0 Å². The lowest BCUT2D eigenvalue weighted by Gasteiger charge is -2.34. The number of amides is 2. The Bertz CT molecular complexity index is 692. The molecule has 0 spiro atoms. The SMILES string of the molecule is CCOc1ccc(N2CC(C(=O)NCC3CN(CC(C)C)CCO3)CC2=O)cc1. The highest BCUT2D eigenvalue weighted by atomic mass is 16.5. The van der Waals surface area contributed by atoms with Crippen LogP contribution >= 0.6 is 0 Å². The number of benzene rings is 1. The van der Waals surface area contributed by atoms with Crippen LogP contribution in [-0.2, 0) is 14.3 Å². The van der Waals surface area contributed by atoms with E-state index in [1.165, 1.54) is 0 Å². The number of carbonyl (C=O) groups excluding carboxylic acids is 2. The van der Waals surface area contributed by atoms with Crippen LogP contribution in [0.4, 0.5) is 5.69 Å². The van der Waals surface area contributed by atoms with Gasteiger partial charge in [-0.05, 0) is 37.1 Å². The Labute approximate surface area is 173 Å².